The van der Waals surface area contributed by atoms with Gasteiger partial charge in [0, 0.05) is 62.6 Å². The van der Waals surface area contributed by atoms with Crippen molar-refractivity contribution in [2.75, 3.05) is 58.7 Å². The molecule has 1 amide bonds. The van der Waals surface area contributed by atoms with Gasteiger partial charge in [0.2, 0.25) is 0 Å². The number of likely N-dealkylation sites (N-methyl/N-ethyl adjacent to an activating group) is 1. The second kappa shape index (κ2) is 11.0. The molecule has 2 aliphatic heterocycles. The van der Waals surface area contributed by atoms with E-state index in [0.29, 0.717) is 23.8 Å². The van der Waals surface area contributed by atoms with Crippen molar-refractivity contribution in [2.45, 2.75) is 58.1 Å². The molecule has 5 rings (SSSR count). The van der Waals surface area contributed by atoms with E-state index in [1.54, 1.807) is 0 Å². The molecule has 2 aromatic heterocycles. The van der Waals surface area contributed by atoms with Crippen LogP contribution >= 0.6 is 0 Å². The molecule has 0 spiro atoms. The molecule has 2 aromatic rings. The Morgan fingerprint density at radius 1 is 1.19 bits per heavy atom. The molecular weight excluding hydrogens is 466 g/mol. The minimum Gasteiger partial charge on any atom is -0.445 e. The lowest BCUT2D eigenvalue weighted by Crippen LogP contribution is -2.51. The number of hydrogen-bond acceptors (Lipinski definition) is 7. The number of likely N-dealkylation sites (tertiary alicyclic amines) is 2. The van der Waals surface area contributed by atoms with Crippen molar-refractivity contribution in [3.8, 4) is 0 Å². The maximum atomic E-state index is 13.1. The maximum Gasteiger partial charge on any atom is 0.410 e. The van der Waals surface area contributed by atoms with Gasteiger partial charge in [0.1, 0.15) is 11.9 Å². The average molecular weight is 510 g/mol. The van der Waals surface area contributed by atoms with Crippen LogP contribution in [0.15, 0.2) is 24.4 Å². The largest absolute Gasteiger partial charge is 0.445 e. The number of aromatic nitrogens is 3. The number of nitrogens with zero attached hydrogens (tertiary/aromatic N) is 6. The highest BCUT2D eigenvalue weighted by molar-refractivity contribution is 5.68. The van der Waals surface area contributed by atoms with Gasteiger partial charge in [-0.15, -0.1) is 0 Å². The van der Waals surface area contributed by atoms with E-state index in [-0.39, 0.29) is 12.2 Å². The third-order valence-corrected chi connectivity index (χ3v) is 8.15. The van der Waals surface area contributed by atoms with Crippen LogP contribution < -0.4 is 5.32 Å². The Balaban J connectivity index is 1.17. The number of piperidine rings is 1. The first-order chi connectivity index (χ1) is 17.8. The summed E-state index contributed by atoms with van der Waals surface area (Å²) in [6, 6.07) is 2.42. The Kier molecular flexibility index (Phi) is 7.72. The van der Waals surface area contributed by atoms with Crippen LogP contribution in [0.4, 0.5) is 10.6 Å². The Morgan fingerprint density at radius 2 is 1.95 bits per heavy atom. The summed E-state index contributed by atoms with van der Waals surface area (Å²) in [5.41, 5.74) is 3.09. The first-order valence-corrected chi connectivity index (χ1v) is 13.9. The zero-order chi connectivity index (χ0) is 26.1. The fourth-order valence-electron chi connectivity index (χ4n) is 6.17. The first kappa shape index (κ1) is 26.0. The zero-order valence-corrected chi connectivity index (χ0v) is 23.1. The molecule has 0 radical (unpaired) electrons. The summed E-state index contributed by atoms with van der Waals surface area (Å²) in [5.74, 6) is 2.20. The van der Waals surface area contributed by atoms with E-state index >= 15 is 0 Å². The number of nitrogens with one attached hydrogen (secondary N) is 1. The second-order valence-electron chi connectivity index (χ2n) is 11.7. The van der Waals surface area contributed by atoms with Crippen molar-refractivity contribution >= 4 is 17.6 Å². The van der Waals surface area contributed by atoms with Crippen LogP contribution in [0.1, 0.15) is 50.3 Å². The standard InChI is InChI=1S/C28H43N7O2/c1-19(2)24-15-29-35-25(14-20(3)30-27(24)35)31-26-21-8-9-22(26)17-34(16-21)28(36)37-23-10-13-33(18-23)12-7-6-11-32(4)5/h6-7,14-15,19,21-23,26,31H,8-13,16-18H2,1-5H3/b7-6+. The van der Waals surface area contributed by atoms with Crippen LogP contribution in [0, 0.1) is 18.8 Å². The summed E-state index contributed by atoms with van der Waals surface area (Å²) in [6.45, 7) is 11.6. The number of ether oxygens (including phenoxy) is 1. The topological polar surface area (TPSA) is 78.2 Å². The van der Waals surface area contributed by atoms with Gasteiger partial charge in [-0.25, -0.2) is 9.78 Å². The molecule has 3 aliphatic rings. The first-order valence-electron chi connectivity index (χ1n) is 13.9. The van der Waals surface area contributed by atoms with Crippen LogP contribution in [0.25, 0.3) is 5.65 Å². The molecule has 1 N–H and O–H groups in total. The predicted molar refractivity (Wildman–Crippen MR) is 146 cm³/mol. The number of carbonyl (C=O) groups is 1. The van der Waals surface area contributed by atoms with Crippen molar-refractivity contribution in [3.05, 3.63) is 35.7 Å². The molecule has 4 heterocycles. The third-order valence-electron chi connectivity index (χ3n) is 8.15. The Morgan fingerprint density at radius 3 is 2.65 bits per heavy atom. The van der Waals surface area contributed by atoms with E-state index in [1.165, 1.54) is 5.56 Å². The van der Waals surface area contributed by atoms with Gasteiger partial charge in [0.05, 0.1) is 6.20 Å². The smallest absolute Gasteiger partial charge is 0.410 e. The van der Waals surface area contributed by atoms with Gasteiger partial charge in [0.25, 0.3) is 0 Å². The van der Waals surface area contributed by atoms with Crippen LogP contribution in [-0.4, -0.2) is 101 Å². The summed E-state index contributed by atoms with van der Waals surface area (Å²) < 4.78 is 7.92. The molecule has 37 heavy (non-hydrogen) atoms. The summed E-state index contributed by atoms with van der Waals surface area (Å²) in [4.78, 5) is 24.3. The minimum atomic E-state index is -0.138. The van der Waals surface area contributed by atoms with E-state index < -0.39 is 0 Å². The highest BCUT2D eigenvalue weighted by Crippen LogP contribution is 2.39. The highest BCUT2D eigenvalue weighted by Gasteiger charge is 2.44. The van der Waals surface area contributed by atoms with Crippen LogP contribution in [0.3, 0.4) is 0 Å². The number of aryl methyl sites for hydroxylation is 1. The number of fused-ring (bicyclic) bond motifs is 3. The summed E-state index contributed by atoms with van der Waals surface area (Å²) >= 11 is 0. The van der Waals surface area contributed by atoms with Gasteiger partial charge >= 0.3 is 6.09 Å². The second-order valence-corrected chi connectivity index (χ2v) is 11.7. The molecule has 3 atom stereocenters. The van der Waals surface area contributed by atoms with Crippen LogP contribution in [0.5, 0.6) is 0 Å². The van der Waals surface area contributed by atoms with Gasteiger partial charge in [-0.1, -0.05) is 26.0 Å². The minimum absolute atomic E-state index is 0.00806. The summed E-state index contributed by atoms with van der Waals surface area (Å²) in [6.07, 6.45) is 9.38. The maximum absolute atomic E-state index is 13.1. The molecule has 1 saturated carbocycles. The van der Waals surface area contributed by atoms with Gasteiger partial charge in [0.15, 0.2) is 5.65 Å². The highest BCUT2D eigenvalue weighted by atomic mass is 16.6. The third kappa shape index (κ3) is 5.77. The normalized spacial score (nSPS) is 26.3. The zero-order valence-electron chi connectivity index (χ0n) is 23.1. The van der Waals surface area contributed by atoms with Crippen LogP contribution in [-0.2, 0) is 4.74 Å². The summed E-state index contributed by atoms with van der Waals surface area (Å²) in [7, 11) is 4.14. The van der Waals surface area contributed by atoms with Crippen molar-refractivity contribution in [1.29, 1.82) is 0 Å². The summed E-state index contributed by atoms with van der Waals surface area (Å²) in [5, 5.41) is 8.47. The number of anilines is 1. The van der Waals surface area contributed by atoms with Crippen molar-refractivity contribution in [3.63, 3.8) is 0 Å². The van der Waals surface area contributed by atoms with E-state index in [2.05, 4.69) is 66.4 Å². The molecule has 202 valence electrons. The monoisotopic (exact) mass is 509 g/mol. The molecule has 1 aliphatic carbocycles. The quantitative estimate of drug-likeness (QED) is 0.545. The fraction of sp³-hybridized carbons (Fsp3) is 0.679. The number of amides is 1. The van der Waals surface area contributed by atoms with E-state index in [0.717, 1.165) is 75.7 Å². The lowest BCUT2D eigenvalue weighted by Gasteiger charge is -2.38. The molecule has 3 fully saturated rings. The lowest BCUT2D eigenvalue weighted by atomic mass is 9.92. The SMILES string of the molecule is Cc1cc(NC2C3CCC2CN(C(=O)OC2CCN(C/C=C/CN(C)C)C2)C3)n2ncc(C(C)C)c2n1. The van der Waals surface area contributed by atoms with E-state index in [1.807, 2.05) is 22.5 Å². The Bertz CT molecular complexity index is 1110. The molecule has 9 nitrogen and oxygen atoms in total. The molecular formula is C28H43N7O2. The predicted octanol–water partition coefficient (Wildman–Crippen LogP) is 3.61. The number of carbonyl (C=O) groups excluding carboxylic acids is 1. The van der Waals surface area contributed by atoms with E-state index in [9.17, 15) is 4.79 Å². The molecule has 2 saturated heterocycles. The van der Waals surface area contributed by atoms with E-state index in [4.69, 9.17) is 9.72 Å². The molecule has 2 bridgehead atoms. The average Bonchev–Trinajstić information content (AvgIpc) is 3.52. The molecule has 9 heteroatoms. The van der Waals surface area contributed by atoms with Crippen molar-refractivity contribution < 1.29 is 9.53 Å². The van der Waals surface area contributed by atoms with Gasteiger partial charge in [-0.05, 0) is 58.0 Å². The number of rotatable bonds is 8. The van der Waals surface area contributed by atoms with Crippen LogP contribution in [0.2, 0.25) is 0 Å². The number of hydrogen-bond donors (Lipinski definition) is 1. The molecule has 0 aromatic carbocycles. The fourth-order valence-corrected chi connectivity index (χ4v) is 6.17. The van der Waals surface area contributed by atoms with Gasteiger partial charge in [-0.3, -0.25) is 4.90 Å². The Hall–Kier alpha value is -2.65. The molecule has 3 unspecified atom stereocenters. The van der Waals surface area contributed by atoms with Crippen molar-refractivity contribution in [2.24, 2.45) is 11.8 Å². The van der Waals surface area contributed by atoms with Gasteiger partial charge < -0.3 is 19.9 Å². The Labute approximate surface area is 220 Å². The van der Waals surface area contributed by atoms with Gasteiger partial charge in [-0.2, -0.15) is 9.61 Å². The van der Waals surface area contributed by atoms with Crippen molar-refractivity contribution in [1.82, 2.24) is 29.3 Å². The lowest BCUT2D eigenvalue weighted by molar-refractivity contribution is 0.0499.